The molecule has 0 aromatic rings. The van der Waals surface area contributed by atoms with Crippen molar-refractivity contribution in [3.8, 4) is 0 Å². The Morgan fingerprint density at radius 3 is 0.972 bits per heavy atom. The summed E-state index contributed by atoms with van der Waals surface area (Å²) in [4.78, 5) is 0. The van der Waals surface area contributed by atoms with Crippen LogP contribution in [0.3, 0.4) is 0 Å². The highest BCUT2D eigenvalue weighted by atomic mass is 35.9. The molecule has 12 heteroatoms. The van der Waals surface area contributed by atoms with Crippen LogP contribution in [0.1, 0.15) is 128 Å². The molecule has 208 valence electrons. The molecule has 5 aliphatic rings. The van der Waals surface area contributed by atoms with Crippen molar-refractivity contribution in [3.63, 3.8) is 0 Å². The van der Waals surface area contributed by atoms with E-state index in [4.69, 9.17) is 36.0 Å². The molecule has 5 rings (SSSR count). The van der Waals surface area contributed by atoms with Crippen molar-refractivity contribution in [1.29, 1.82) is 0 Å². The van der Waals surface area contributed by atoms with Gasteiger partial charge in [-0.15, -0.1) is 0 Å². The highest BCUT2D eigenvalue weighted by Gasteiger charge is 2.40. The minimum Gasteiger partial charge on any atom is -0.250 e. The molecule has 0 unspecified atom stereocenters. The number of nitrogens with one attached hydrogen (secondary N) is 4. The summed E-state index contributed by atoms with van der Waals surface area (Å²) in [5, 5.41) is 16.1. The fourth-order valence-corrected chi connectivity index (χ4v) is 20.6. The van der Waals surface area contributed by atoms with Crippen LogP contribution in [0, 0.1) is 0 Å². The van der Waals surface area contributed by atoms with Gasteiger partial charge in [0.05, 0.1) is 0 Å². The van der Waals surface area contributed by atoms with Gasteiger partial charge in [0.2, 0.25) is 15.0 Å². The molecule has 36 heavy (non-hydrogen) atoms. The van der Waals surface area contributed by atoms with E-state index in [0.717, 1.165) is 0 Å². The second-order valence-corrected chi connectivity index (χ2v) is 21.6. The summed E-state index contributed by atoms with van der Waals surface area (Å²) >= 11 is 14.2. The van der Waals surface area contributed by atoms with E-state index in [-0.39, 0.29) is 0 Å². The normalized spacial score (nSPS) is 30.2. The number of halogens is 2. The van der Waals surface area contributed by atoms with Crippen LogP contribution in [0.25, 0.3) is 0 Å². The summed E-state index contributed by atoms with van der Waals surface area (Å²) in [7, 11) is -5.08. The molecule has 0 atom stereocenters. The van der Waals surface area contributed by atoms with Gasteiger partial charge in [0.25, 0.3) is 5.91 Å². The smallest absolute Gasteiger partial charge is 0.250 e. The Kier molecular flexibility index (Phi) is 10.5. The van der Waals surface area contributed by atoms with E-state index in [2.05, 4.69) is 20.3 Å². The molecule has 0 radical (unpaired) electrons. The molecule has 4 aliphatic carbocycles. The van der Waals surface area contributed by atoms with Crippen molar-refractivity contribution in [1.82, 2.24) is 20.3 Å². The minimum atomic E-state index is -2.90. The van der Waals surface area contributed by atoms with E-state index in [1.54, 1.807) is 0 Å². The molecular weight excluding hydrogens is 550 g/mol. The van der Waals surface area contributed by atoms with Crippen LogP contribution < -0.4 is 20.3 Å². The van der Waals surface area contributed by atoms with Crippen molar-refractivity contribution >= 4 is 43.4 Å². The maximum atomic E-state index is 7.09. The van der Waals surface area contributed by atoms with Gasteiger partial charge in [-0.3, -0.25) is 20.3 Å². The van der Waals surface area contributed by atoms with Crippen molar-refractivity contribution in [2.24, 2.45) is 13.5 Å². The summed E-state index contributed by atoms with van der Waals surface area (Å²) in [5.41, 5.74) is 0. The Morgan fingerprint density at radius 1 is 0.389 bits per heavy atom. The maximum absolute atomic E-state index is 7.09. The summed E-state index contributed by atoms with van der Waals surface area (Å²) in [5.74, 6) is -2.90. The van der Waals surface area contributed by atoms with Crippen LogP contribution in [0.15, 0.2) is 13.5 Å². The topological polar surface area (TPSA) is 85.2 Å². The van der Waals surface area contributed by atoms with Gasteiger partial charge in [-0.1, -0.05) is 77.0 Å². The van der Waals surface area contributed by atoms with E-state index in [9.17, 15) is 0 Å². The van der Waals surface area contributed by atoms with Gasteiger partial charge in [0, 0.05) is 24.2 Å². The first-order valence-corrected chi connectivity index (χ1v) is 21.7. The molecule has 1 aliphatic heterocycles. The van der Waals surface area contributed by atoms with Gasteiger partial charge in [0.1, 0.15) is 0 Å². The van der Waals surface area contributed by atoms with Crippen molar-refractivity contribution in [3.05, 3.63) is 0 Å². The number of hydrogen-bond acceptors (Lipinski definition) is 7. The molecular formula is C24H48Cl2N7P3. The Morgan fingerprint density at radius 2 is 0.667 bits per heavy atom. The SMILES string of the molecule is ClP1(Cl)=NP(NC2CCCCC2)(NC2CCCCC2)=NP(NC2CCCCC2)(NC2CCCCC2)=N1. The molecule has 0 aromatic carbocycles. The van der Waals surface area contributed by atoms with Crippen molar-refractivity contribution < 1.29 is 0 Å². The lowest BCUT2D eigenvalue weighted by Gasteiger charge is -2.41. The Hall–Kier alpha value is 1.11. The fraction of sp³-hybridized carbons (Fsp3) is 1.00. The van der Waals surface area contributed by atoms with Crippen molar-refractivity contribution in [2.45, 2.75) is 153 Å². The van der Waals surface area contributed by atoms with E-state index in [0.29, 0.717) is 24.2 Å². The zero-order chi connectivity index (χ0) is 24.9. The van der Waals surface area contributed by atoms with Crippen LogP contribution in [-0.4, -0.2) is 24.2 Å². The number of hydrogen-bond donors (Lipinski definition) is 4. The molecule has 0 spiro atoms. The predicted octanol–water partition coefficient (Wildman–Crippen LogP) is 10.0. The van der Waals surface area contributed by atoms with Crippen LogP contribution in [0.4, 0.5) is 0 Å². The van der Waals surface area contributed by atoms with Gasteiger partial charge in [-0.05, 0) is 73.8 Å². The Labute approximate surface area is 229 Å². The number of rotatable bonds is 8. The quantitative estimate of drug-likeness (QED) is 0.210. The van der Waals surface area contributed by atoms with Crippen LogP contribution in [0.5, 0.6) is 0 Å². The summed E-state index contributed by atoms with van der Waals surface area (Å²) in [6.45, 7) is 0. The van der Waals surface area contributed by atoms with E-state index in [1.807, 2.05) is 0 Å². The molecule has 0 saturated heterocycles. The molecule has 4 N–H and O–H groups in total. The first-order chi connectivity index (χ1) is 17.4. The fourth-order valence-electron chi connectivity index (χ4n) is 6.78. The van der Waals surface area contributed by atoms with Gasteiger partial charge in [0.15, 0.2) is 0 Å². The van der Waals surface area contributed by atoms with E-state index >= 15 is 0 Å². The summed E-state index contributed by atoms with van der Waals surface area (Å²) < 4.78 is 16.0. The minimum absolute atomic E-state index is 0.424. The molecule has 1 heterocycles. The molecule has 4 fully saturated rings. The first kappa shape index (κ1) is 28.6. The standard InChI is InChI=1S/C24H48Cl2N7P3/c25-34(26)31-35(27-21-13-5-1-6-14-21,28-22-15-7-2-8-16-22)33-36(32-34,29-23-17-9-3-10-18-23)30-24-19-11-4-12-20-24/h21-24,27-30H,1-20H2. The van der Waals surface area contributed by atoms with Crippen LogP contribution >= 0.6 is 43.4 Å². The lowest BCUT2D eigenvalue weighted by Crippen LogP contribution is -2.40. The third-order valence-corrected chi connectivity index (χ3v) is 19.8. The average molecular weight is 599 g/mol. The summed E-state index contributed by atoms with van der Waals surface area (Å²) in [6.07, 6.45) is 25.0. The van der Waals surface area contributed by atoms with Gasteiger partial charge in [-0.2, -0.15) is 13.5 Å². The van der Waals surface area contributed by atoms with E-state index in [1.165, 1.54) is 128 Å². The van der Waals surface area contributed by atoms with E-state index < -0.39 is 20.9 Å². The first-order valence-electron chi connectivity index (χ1n) is 14.9. The third-order valence-electron chi connectivity index (χ3n) is 8.60. The maximum Gasteiger partial charge on any atom is 0.257 e. The molecule has 0 bridgehead atoms. The Bertz CT molecular complexity index is 793. The second kappa shape index (κ2) is 13.2. The predicted molar refractivity (Wildman–Crippen MR) is 160 cm³/mol. The van der Waals surface area contributed by atoms with Gasteiger partial charge >= 0.3 is 0 Å². The Balaban J connectivity index is 1.54. The zero-order valence-electron chi connectivity index (χ0n) is 21.9. The zero-order valence-corrected chi connectivity index (χ0v) is 26.1. The monoisotopic (exact) mass is 597 g/mol. The van der Waals surface area contributed by atoms with Crippen LogP contribution in [-0.2, 0) is 0 Å². The van der Waals surface area contributed by atoms with Crippen molar-refractivity contribution in [2.75, 3.05) is 0 Å². The second-order valence-electron chi connectivity index (χ2n) is 11.8. The molecule has 7 nitrogen and oxygen atoms in total. The lowest BCUT2D eigenvalue weighted by molar-refractivity contribution is 0.401. The molecule has 0 amide bonds. The highest BCUT2D eigenvalue weighted by Crippen LogP contribution is 2.79. The summed E-state index contributed by atoms with van der Waals surface area (Å²) in [6, 6.07) is 1.70. The molecule has 4 saturated carbocycles. The average Bonchev–Trinajstić information content (AvgIpc) is 2.85. The third kappa shape index (κ3) is 8.08. The lowest BCUT2D eigenvalue weighted by atomic mass is 9.96. The molecule has 0 aromatic heterocycles. The van der Waals surface area contributed by atoms with Crippen LogP contribution in [0.2, 0.25) is 0 Å². The largest absolute Gasteiger partial charge is 0.257 e. The van der Waals surface area contributed by atoms with Gasteiger partial charge in [-0.25, -0.2) is 0 Å². The number of nitrogens with zero attached hydrogens (tertiary/aromatic N) is 3. The highest BCUT2D eigenvalue weighted by molar-refractivity contribution is 8.13. The van der Waals surface area contributed by atoms with Gasteiger partial charge < -0.3 is 0 Å².